The molecule has 2 heterocycles. The van der Waals surface area contributed by atoms with Crippen LogP contribution in [0, 0.1) is 10.1 Å². The minimum absolute atomic E-state index is 0.0515. The Balaban J connectivity index is 2.55. The van der Waals surface area contributed by atoms with Gasteiger partial charge in [-0.2, -0.15) is 0 Å². The second-order valence-electron chi connectivity index (χ2n) is 3.22. The first kappa shape index (κ1) is 12.0. The molecule has 9 heteroatoms. The molecule has 0 spiro atoms. The molecule has 0 bridgehead atoms. The predicted molar refractivity (Wildman–Crippen MR) is 60.0 cm³/mol. The van der Waals surface area contributed by atoms with Crippen molar-refractivity contribution in [3.63, 3.8) is 0 Å². The Bertz CT molecular complexity index is 639. The van der Waals surface area contributed by atoms with Crippen molar-refractivity contribution in [2.45, 2.75) is 0 Å². The van der Waals surface area contributed by atoms with Crippen LogP contribution in [0.15, 0.2) is 24.8 Å². The zero-order chi connectivity index (χ0) is 13.3. The molecule has 0 fully saturated rings. The molecule has 0 radical (unpaired) electrons. The number of hydrogen-bond donors (Lipinski definition) is 1. The maximum atomic E-state index is 10.8. The fourth-order valence-corrected chi connectivity index (χ4v) is 1.46. The van der Waals surface area contributed by atoms with Gasteiger partial charge in [0.25, 0.3) is 0 Å². The molecule has 0 atom stereocenters. The summed E-state index contributed by atoms with van der Waals surface area (Å²) in [7, 11) is 0. The molecule has 2 rings (SSSR count). The highest BCUT2D eigenvalue weighted by Gasteiger charge is 2.19. The van der Waals surface area contributed by atoms with Crippen LogP contribution in [0.4, 0.5) is 5.69 Å². The minimum Gasteiger partial charge on any atom is -0.476 e. The van der Waals surface area contributed by atoms with Gasteiger partial charge in [-0.05, 0) is 0 Å². The van der Waals surface area contributed by atoms with Crippen LogP contribution in [0.3, 0.4) is 0 Å². The van der Waals surface area contributed by atoms with Gasteiger partial charge in [0.2, 0.25) is 5.82 Å². The van der Waals surface area contributed by atoms with Crippen LogP contribution >= 0.6 is 11.6 Å². The number of rotatable bonds is 3. The SMILES string of the molecule is O=C(O)c1cn(-c2ncc(Cl)cc2[N+](=O)[O-])cn1. The van der Waals surface area contributed by atoms with Crippen molar-refractivity contribution in [1.82, 2.24) is 14.5 Å². The van der Waals surface area contributed by atoms with Gasteiger partial charge in [0.1, 0.15) is 6.33 Å². The summed E-state index contributed by atoms with van der Waals surface area (Å²) in [5, 5.41) is 19.7. The lowest BCUT2D eigenvalue weighted by Gasteiger charge is -2.01. The van der Waals surface area contributed by atoms with Crippen LogP contribution in [0.2, 0.25) is 5.02 Å². The summed E-state index contributed by atoms with van der Waals surface area (Å²) >= 11 is 5.62. The van der Waals surface area contributed by atoms with E-state index in [1.807, 2.05) is 0 Å². The maximum Gasteiger partial charge on any atom is 0.356 e. The van der Waals surface area contributed by atoms with E-state index in [-0.39, 0.29) is 22.2 Å². The summed E-state index contributed by atoms with van der Waals surface area (Å²) < 4.78 is 1.15. The highest BCUT2D eigenvalue weighted by Crippen LogP contribution is 2.24. The highest BCUT2D eigenvalue weighted by atomic mass is 35.5. The summed E-state index contributed by atoms with van der Waals surface area (Å²) in [4.78, 5) is 28.2. The average Bonchev–Trinajstić information content (AvgIpc) is 2.78. The van der Waals surface area contributed by atoms with Crippen molar-refractivity contribution in [3.05, 3.63) is 45.6 Å². The van der Waals surface area contributed by atoms with E-state index in [0.717, 1.165) is 23.2 Å². The number of aromatic carboxylic acids is 1. The van der Waals surface area contributed by atoms with Crippen molar-refractivity contribution in [2.24, 2.45) is 0 Å². The van der Waals surface area contributed by atoms with Crippen molar-refractivity contribution in [1.29, 1.82) is 0 Å². The van der Waals surface area contributed by atoms with Gasteiger partial charge in [-0.1, -0.05) is 11.6 Å². The van der Waals surface area contributed by atoms with Crippen molar-refractivity contribution < 1.29 is 14.8 Å². The molecule has 0 aromatic carbocycles. The Morgan fingerprint density at radius 2 is 2.22 bits per heavy atom. The van der Waals surface area contributed by atoms with E-state index in [2.05, 4.69) is 9.97 Å². The third-order valence-corrected chi connectivity index (χ3v) is 2.26. The molecule has 2 aromatic heterocycles. The molecule has 0 aliphatic rings. The van der Waals surface area contributed by atoms with E-state index in [1.165, 1.54) is 6.20 Å². The monoisotopic (exact) mass is 268 g/mol. The lowest BCUT2D eigenvalue weighted by molar-refractivity contribution is -0.384. The molecule has 1 N–H and O–H groups in total. The van der Waals surface area contributed by atoms with Crippen LogP contribution in [0.1, 0.15) is 10.5 Å². The molecule has 0 amide bonds. The predicted octanol–water partition coefficient (Wildman–Crippen LogP) is 1.53. The molecule has 8 nitrogen and oxygen atoms in total. The molecule has 2 aromatic rings. The molecular weight excluding hydrogens is 264 g/mol. The van der Waals surface area contributed by atoms with Crippen LogP contribution in [0.25, 0.3) is 5.82 Å². The lowest BCUT2D eigenvalue weighted by Crippen LogP contribution is -2.01. The number of aromatic nitrogens is 3. The molecular formula is C9H5ClN4O4. The van der Waals surface area contributed by atoms with Crippen LogP contribution in [0.5, 0.6) is 0 Å². The van der Waals surface area contributed by atoms with Crippen molar-refractivity contribution >= 4 is 23.3 Å². The third-order valence-electron chi connectivity index (χ3n) is 2.06. The number of nitrogens with zero attached hydrogens (tertiary/aromatic N) is 4. The summed E-state index contributed by atoms with van der Waals surface area (Å²) in [6.07, 6.45) is 3.49. The molecule has 92 valence electrons. The maximum absolute atomic E-state index is 10.8. The highest BCUT2D eigenvalue weighted by molar-refractivity contribution is 6.30. The van der Waals surface area contributed by atoms with Gasteiger partial charge in [-0.25, -0.2) is 14.8 Å². The number of halogens is 1. The van der Waals surface area contributed by atoms with Crippen LogP contribution in [-0.4, -0.2) is 30.5 Å². The van der Waals surface area contributed by atoms with E-state index in [0.29, 0.717) is 0 Å². The Morgan fingerprint density at radius 3 is 2.78 bits per heavy atom. The average molecular weight is 269 g/mol. The number of imidazole rings is 1. The largest absolute Gasteiger partial charge is 0.476 e. The van der Waals surface area contributed by atoms with Crippen LogP contribution < -0.4 is 0 Å². The number of carboxylic acids is 1. The molecule has 18 heavy (non-hydrogen) atoms. The van der Waals surface area contributed by atoms with Gasteiger partial charge in [-0.3, -0.25) is 14.7 Å². The zero-order valence-electron chi connectivity index (χ0n) is 8.65. The number of pyridine rings is 1. The van der Waals surface area contributed by atoms with Gasteiger partial charge in [0, 0.05) is 18.5 Å². The summed E-state index contributed by atoms with van der Waals surface area (Å²) in [6.45, 7) is 0. The van der Waals surface area contributed by atoms with Gasteiger partial charge < -0.3 is 5.11 Å². The summed E-state index contributed by atoms with van der Waals surface area (Å²) in [5.41, 5.74) is -0.571. The quantitative estimate of drug-likeness (QED) is 0.667. The first-order valence-corrected chi connectivity index (χ1v) is 4.94. The topological polar surface area (TPSA) is 111 Å². The van der Waals surface area contributed by atoms with Gasteiger partial charge in [0.15, 0.2) is 5.69 Å². The fraction of sp³-hybridized carbons (Fsp3) is 0. The zero-order valence-corrected chi connectivity index (χ0v) is 9.40. The van der Waals surface area contributed by atoms with Crippen molar-refractivity contribution in [2.75, 3.05) is 0 Å². The van der Waals surface area contributed by atoms with E-state index < -0.39 is 10.9 Å². The second-order valence-corrected chi connectivity index (χ2v) is 3.66. The molecule has 0 aliphatic carbocycles. The van der Waals surface area contributed by atoms with Gasteiger partial charge in [0.05, 0.1) is 9.95 Å². The van der Waals surface area contributed by atoms with Crippen molar-refractivity contribution in [3.8, 4) is 5.82 Å². The standard InChI is InChI=1S/C9H5ClN4O4/c10-5-1-7(14(17)18)8(11-2-5)13-3-6(9(15)16)12-4-13/h1-4H,(H,15,16). The number of carbonyl (C=O) groups is 1. The minimum atomic E-state index is -1.23. The fourth-order valence-electron chi connectivity index (χ4n) is 1.30. The molecule has 0 saturated carbocycles. The summed E-state index contributed by atoms with van der Waals surface area (Å²) in [5.74, 6) is -1.28. The number of carboxylic acid groups (broad SMARTS) is 1. The van der Waals surface area contributed by atoms with E-state index in [9.17, 15) is 14.9 Å². The lowest BCUT2D eigenvalue weighted by atomic mass is 10.4. The number of nitro groups is 1. The van der Waals surface area contributed by atoms with Gasteiger partial charge >= 0.3 is 11.7 Å². The smallest absolute Gasteiger partial charge is 0.356 e. The van der Waals surface area contributed by atoms with Crippen LogP contribution in [-0.2, 0) is 0 Å². The van der Waals surface area contributed by atoms with E-state index in [1.54, 1.807) is 0 Å². The Labute approximate surface area is 105 Å². The first-order valence-electron chi connectivity index (χ1n) is 4.56. The Morgan fingerprint density at radius 1 is 1.50 bits per heavy atom. The Kier molecular flexibility index (Phi) is 2.94. The molecule has 0 unspecified atom stereocenters. The normalized spacial score (nSPS) is 10.3. The molecule has 0 saturated heterocycles. The Hall–Kier alpha value is -2.48. The van der Waals surface area contributed by atoms with Gasteiger partial charge in [-0.15, -0.1) is 0 Å². The van der Waals surface area contributed by atoms with E-state index >= 15 is 0 Å². The second kappa shape index (κ2) is 4.41. The molecule has 0 aliphatic heterocycles. The summed E-state index contributed by atoms with van der Waals surface area (Å²) in [6, 6.07) is 1.13. The number of hydrogen-bond acceptors (Lipinski definition) is 5. The first-order chi connectivity index (χ1) is 8.49. The third kappa shape index (κ3) is 2.13. The van der Waals surface area contributed by atoms with E-state index in [4.69, 9.17) is 16.7 Å².